The fourth-order valence-electron chi connectivity index (χ4n) is 7.19. The molecule has 0 aliphatic rings. The number of fused-ring (bicyclic) bond motifs is 4. The summed E-state index contributed by atoms with van der Waals surface area (Å²) >= 11 is 0. The van der Waals surface area contributed by atoms with Gasteiger partial charge in [-0.25, -0.2) is 0 Å². The van der Waals surface area contributed by atoms with Gasteiger partial charge in [-0.2, -0.15) is 0 Å². The lowest BCUT2D eigenvalue weighted by Gasteiger charge is -2.23. The third-order valence-electron chi connectivity index (χ3n) is 9.48. The molecule has 0 aliphatic heterocycles. The van der Waals surface area contributed by atoms with Crippen molar-refractivity contribution in [1.82, 2.24) is 0 Å². The largest absolute Gasteiger partial charge is 0.398 e. The molecule has 5 heteroatoms. The quantitative estimate of drug-likeness (QED) is 0.180. The Labute approximate surface area is 299 Å². The second-order valence-corrected chi connectivity index (χ2v) is 13.3. The number of rotatable bonds is 5. The van der Waals surface area contributed by atoms with E-state index in [-0.39, 0.29) is 5.91 Å². The van der Waals surface area contributed by atoms with Gasteiger partial charge in [0.1, 0.15) is 0 Å². The SMILES string of the molecule is CC(=O)Nc1ccc2ccccc2c1-c1c(N(C)C)ccc2ccccc12.CN(C)c1ccc2ccccc2c1-c1c(N)ccc2ccccc12. The minimum absolute atomic E-state index is 0.0711. The van der Waals surface area contributed by atoms with Crippen molar-refractivity contribution in [1.29, 1.82) is 0 Å². The summed E-state index contributed by atoms with van der Waals surface area (Å²) in [6.45, 7) is 1.55. The standard InChI is InChI=1S/C24H22N2O.C22H20N2/c1-16(27)25-21-14-12-17-8-4-6-10-19(17)23(21)24-20-11-7-5-9-18(20)13-15-22(24)26(2)3;1-24(2)20-14-12-16-8-4-6-10-18(16)22(20)21-17-9-5-3-7-15(17)11-13-19(21)23/h4-15H,1-3H3,(H,25,27);3-14H,23H2,1-2H3. The average molecular weight is 667 g/mol. The van der Waals surface area contributed by atoms with Crippen molar-refractivity contribution in [2.24, 2.45) is 0 Å². The normalized spacial score (nSPS) is 11.0. The van der Waals surface area contributed by atoms with Crippen LogP contribution in [-0.4, -0.2) is 34.1 Å². The maximum Gasteiger partial charge on any atom is 0.221 e. The van der Waals surface area contributed by atoms with E-state index in [9.17, 15) is 4.79 Å². The zero-order valence-corrected chi connectivity index (χ0v) is 29.7. The van der Waals surface area contributed by atoms with E-state index >= 15 is 0 Å². The number of nitrogens with two attached hydrogens (primary N) is 1. The van der Waals surface area contributed by atoms with Gasteiger partial charge in [0.25, 0.3) is 0 Å². The molecule has 1 amide bonds. The Morgan fingerprint density at radius 3 is 1.24 bits per heavy atom. The van der Waals surface area contributed by atoms with E-state index in [0.29, 0.717) is 0 Å². The maximum atomic E-state index is 11.9. The highest BCUT2D eigenvalue weighted by molar-refractivity contribution is 6.16. The van der Waals surface area contributed by atoms with Gasteiger partial charge in [0.2, 0.25) is 5.91 Å². The van der Waals surface area contributed by atoms with Crippen molar-refractivity contribution in [3.8, 4) is 22.3 Å². The average Bonchev–Trinajstić information content (AvgIpc) is 3.14. The number of nitrogens with zero attached hydrogens (tertiary/aromatic N) is 2. The molecule has 0 saturated heterocycles. The second kappa shape index (κ2) is 13.9. The molecule has 51 heavy (non-hydrogen) atoms. The lowest BCUT2D eigenvalue weighted by Crippen LogP contribution is -2.12. The third kappa shape index (κ3) is 6.30. The maximum absolute atomic E-state index is 11.9. The molecule has 252 valence electrons. The lowest BCUT2D eigenvalue weighted by molar-refractivity contribution is -0.114. The zero-order valence-electron chi connectivity index (χ0n) is 29.7. The van der Waals surface area contributed by atoms with E-state index in [1.807, 2.05) is 24.3 Å². The van der Waals surface area contributed by atoms with Crippen molar-refractivity contribution in [2.45, 2.75) is 6.92 Å². The fourth-order valence-corrected chi connectivity index (χ4v) is 7.19. The van der Waals surface area contributed by atoms with Gasteiger partial charge in [0.15, 0.2) is 0 Å². The minimum atomic E-state index is -0.0711. The topological polar surface area (TPSA) is 61.6 Å². The molecule has 0 atom stereocenters. The Bertz CT molecular complexity index is 2570. The molecular formula is C46H42N4O. The highest BCUT2D eigenvalue weighted by Crippen LogP contribution is 2.45. The molecule has 5 nitrogen and oxygen atoms in total. The van der Waals surface area contributed by atoms with Gasteiger partial charge in [-0.3, -0.25) is 4.79 Å². The molecule has 0 aromatic heterocycles. The van der Waals surface area contributed by atoms with Crippen molar-refractivity contribution in [2.75, 3.05) is 49.0 Å². The molecule has 0 aliphatic carbocycles. The van der Waals surface area contributed by atoms with Crippen LogP contribution in [0.3, 0.4) is 0 Å². The second-order valence-electron chi connectivity index (χ2n) is 13.3. The first-order valence-electron chi connectivity index (χ1n) is 17.2. The molecule has 0 saturated carbocycles. The first-order valence-corrected chi connectivity index (χ1v) is 17.2. The number of benzene rings is 8. The van der Waals surface area contributed by atoms with Crippen molar-refractivity contribution in [3.05, 3.63) is 146 Å². The molecule has 0 spiro atoms. The van der Waals surface area contributed by atoms with Crippen LogP contribution in [0.1, 0.15) is 6.92 Å². The van der Waals surface area contributed by atoms with Crippen molar-refractivity contribution in [3.63, 3.8) is 0 Å². The van der Waals surface area contributed by atoms with E-state index in [1.54, 1.807) is 6.92 Å². The predicted molar refractivity (Wildman–Crippen MR) is 221 cm³/mol. The van der Waals surface area contributed by atoms with Gasteiger partial charge in [0.05, 0.1) is 0 Å². The Morgan fingerprint density at radius 1 is 0.451 bits per heavy atom. The summed E-state index contributed by atoms with van der Waals surface area (Å²) in [5, 5.41) is 12.5. The number of nitrogen functional groups attached to an aromatic ring is 1. The smallest absolute Gasteiger partial charge is 0.221 e. The van der Waals surface area contributed by atoms with Crippen LogP contribution in [0.5, 0.6) is 0 Å². The number of carbonyl (C=O) groups is 1. The van der Waals surface area contributed by atoms with Crippen LogP contribution in [0.15, 0.2) is 146 Å². The third-order valence-corrected chi connectivity index (χ3v) is 9.48. The van der Waals surface area contributed by atoms with Gasteiger partial charge < -0.3 is 20.9 Å². The number of hydrogen-bond donors (Lipinski definition) is 2. The van der Waals surface area contributed by atoms with E-state index in [2.05, 4.69) is 165 Å². The van der Waals surface area contributed by atoms with E-state index < -0.39 is 0 Å². The summed E-state index contributed by atoms with van der Waals surface area (Å²) in [6, 6.07) is 50.5. The summed E-state index contributed by atoms with van der Waals surface area (Å²) in [5.74, 6) is -0.0711. The van der Waals surface area contributed by atoms with Crippen LogP contribution in [0.25, 0.3) is 65.3 Å². The molecule has 8 aromatic rings. The number of hydrogen-bond acceptors (Lipinski definition) is 4. The van der Waals surface area contributed by atoms with E-state index in [4.69, 9.17) is 5.73 Å². The van der Waals surface area contributed by atoms with Crippen LogP contribution in [-0.2, 0) is 4.79 Å². The molecule has 0 unspecified atom stereocenters. The van der Waals surface area contributed by atoms with Crippen LogP contribution < -0.4 is 20.9 Å². The van der Waals surface area contributed by atoms with Crippen molar-refractivity contribution >= 4 is 71.7 Å². The number of carbonyl (C=O) groups excluding carboxylic acids is 1. The monoisotopic (exact) mass is 666 g/mol. The molecule has 8 rings (SSSR count). The number of nitrogens with one attached hydrogen (secondary N) is 1. The Kier molecular flexibility index (Phi) is 9.03. The number of amides is 1. The highest BCUT2D eigenvalue weighted by atomic mass is 16.1. The Morgan fingerprint density at radius 2 is 0.804 bits per heavy atom. The molecule has 8 aromatic carbocycles. The lowest BCUT2D eigenvalue weighted by atomic mass is 9.90. The molecule has 0 fully saturated rings. The van der Waals surface area contributed by atoms with Crippen molar-refractivity contribution < 1.29 is 4.79 Å². The summed E-state index contributed by atoms with van der Waals surface area (Å²) in [6.07, 6.45) is 0. The number of anilines is 4. The minimum Gasteiger partial charge on any atom is -0.398 e. The van der Waals surface area contributed by atoms with Gasteiger partial charge in [0, 0.05) is 80.1 Å². The summed E-state index contributed by atoms with van der Waals surface area (Å²) in [4.78, 5) is 16.2. The summed E-state index contributed by atoms with van der Waals surface area (Å²) < 4.78 is 0. The summed E-state index contributed by atoms with van der Waals surface area (Å²) in [5.41, 5.74) is 14.9. The van der Waals surface area contributed by atoms with Gasteiger partial charge in [-0.15, -0.1) is 0 Å². The van der Waals surface area contributed by atoms with Crippen LogP contribution in [0.2, 0.25) is 0 Å². The van der Waals surface area contributed by atoms with Gasteiger partial charge >= 0.3 is 0 Å². The fraction of sp³-hybridized carbons (Fsp3) is 0.109. The molecule has 0 radical (unpaired) electrons. The Balaban J connectivity index is 0.000000160. The van der Waals surface area contributed by atoms with Crippen LogP contribution >= 0.6 is 0 Å². The Hall–Kier alpha value is -6.33. The molecule has 0 heterocycles. The highest BCUT2D eigenvalue weighted by Gasteiger charge is 2.19. The molecular weight excluding hydrogens is 625 g/mol. The van der Waals surface area contributed by atoms with Crippen LogP contribution in [0, 0.1) is 0 Å². The molecule has 0 bridgehead atoms. The zero-order chi connectivity index (χ0) is 35.6. The van der Waals surface area contributed by atoms with E-state index in [0.717, 1.165) is 44.5 Å². The van der Waals surface area contributed by atoms with Gasteiger partial charge in [-0.05, 0) is 67.4 Å². The predicted octanol–water partition coefficient (Wildman–Crippen LogP) is 11.0. The van der Waals surface area contributed by atoms with E-state index in [1.165, 1.54) is 43.6 Å². The van der Waals surface area contributed by atoms with Crippen LogP contribution in [0.4, 0.5) is 22.7 Å². The molecule has 3 N–H and O–H groups in total. The van der Waals surface area contributed by atoms with Gasteiger partial charge in [-0.1, -0.05) is 121 Å². The first-order chi connectivity index (χ1) is 24.7. The summed E-state index contributed by atoms with van der Waals surface area (Å²) in [7, 11) is 8.26. The first kappa shape index (κ1) is 33.2.